The molecule has 0 aliphatic heterocycles. The van der Waals surface area contributed by atoms with Gasteiger partial charge in [-0.3, -0.25) is 4.79 Å². The predicted molar refractivity (Wildman–Crippen MR) is 112 cm³/mol. The molecule has 0 saturated carbocycles. The second-order valence-corrected chi connectivity index (χ2v) is 7.82. The Morgan fingerprint density at radius 2 is 1.88 bits per heavy atom. The number of hydrogen-bond acceptors (Lipinski definition) is 3. The quantitative estimate of drug-likeness (QED) is 0.489. The molecule has 0 atom stereocenters. The van der Waals surface area contributed by atoms with Gasteiger partial charge in [-0.2, -0.15) is 0 Å². The molecule has 3 rings (SSSR count). The number of carbonyl (C=O) groups is 1. The number of imidazole rings is 1. The van der Waals surface area contributed by atoms with Crippen molar-refractivity contribution >= 4 is 50.9 Å². The molecule has 0 bridgehead atoms. The number of carbonyl (C=O) groups excluding carboxylic acids is 1. The molecule has 0 spiro atoms. The van der Waals surface area contributed by atoms with Gasteiger partial charge in [-0.15, -0.1) is 0 Å². The van der Waals surface area contributed by atoms with E-state index in [1.165, 1.54) is 11.8 Å². The molecule has 134 valence electrons. The summed E-state index contributed by atoms with van der Waals surface area (Å²) in [5.74, 6) is 0.215. The Morgan fingerprint density at radius 1 is 1.19 bits per heavy atom. The first-order chi connectivity index (χ1) is 12.6. The van der Waals surface area contributed by atoms with Crippen LogP contribution in [0, 0.1) is 0 Å². The van der Waals surface area contributed by atoms with Gasteiger partial charge in [-0.1, -0.05) is 51.4 Å². The number of benzene rings is 2. The van der Waals surface area contributed by atoms with Crippen LogP contribution in [0.5, 0.6) is 0 Å². The summed E-state index contributed by atoms with van der Waals surface area (Å²) < 4.78 is 3.15. The SMILES string of the molecule is CCn1c(-c2ccc(Br)cc2)cnc1SCC(=O)Nc1ccc(Cl)cc1. The Labute approximate surface area is 170 Å². The van der Waals surface area contributed by atoms with Gasteiger partial charge in [0.2, 0.25) is 5.91 Å². The molecule has 26 heavy (non-hydrogen) atoms. The van der Waals surface area contributed by atoms with Gasteiger partial charge in [0.05, 0.1) is 17.6 Å². The van der Waals surface area contributed by atoms with E-state index in [1.807, 2.05) is 18.3 Å². The molecule has 0 unspecified atom stereocenters. The zero-order valence-corrected chi connectivity index (χ0v) is 17.2. The van der Waals surface area contributed by atoms with Crippen LogP contribution in [0.2, 0.25) is 5.02 Å². The van der Waals surface area contributed by atoms with Crippen molar-refractivity contribution in [2.24, 2.45) is 0 Å². The monoisotopic (exact) mass is 449 g/mol. The number of halogens is 2. The molecule has 1 amide bonds. The average molecular weight is 451 g/mol. The van der Waals surface area contributed by atoms with Gasteiger partial charge in [0, 0.05) is 21.7 Å². The lowest BCUT2D eigenvalue weighted by Gasteiger charge is -2.10. The highest BCUT2D eigenvalue weighted by atomic mass is 79.9. The maximum Gasteiger partial charge on any atom is 0.234 e. The lowest BCUT2D eigenvalue weighted by molar-refractivity contribution is -0.113. The van der Waals surface area contributed by atoms with E-state index in [4.69, 9.17) is 11.6 Å². The summed E-state index contributed by atoms with van der Waals surface area (Å²) in [5.41, 5.74) is 2.87. The Bertz CT molecular complexity index is 894. The number of anilines is 1. The lowest BCUT2D eigenvalue weighted by atomic mass is 10.2. The zero-order chi connectivity index (χ0) is 18.5. The van der Waals surface area contributed by atoms with Crippen molar-refractivity contribution in [2.75, 3.05) is 11.1 Å². The molecule has 1 N–H and O–H groups in total. The molecule has 0 fully saturated rings. The third kappa shape index (κ3) is 4.69. The minimum Gasteiger partial charge on any atom is -0.325 e. The molecular weight excluding hydrogens is 434 g/mol. The van der Waals surface area contributed by atoms with Gasteiger partial charge in [0.15, 0.2) is 5.16 Å². The maximum absolute atomic E-state index is 12.2. The van der Waals surface area contributed by atoms with Crippen molar-refractivity contribution < 1.29 is 4.79 Å². The number of thioether (sulfide) groups is 1. The Hall–Kier alpha value is -1.76. The highest BCUT2D eigenvalue weighted by Crippen LogP contribution is 2.27. The smallest absolute Gasteiger partial charge is 0.234 e. The Kier molecular flexibility index (Phi) is 6.40. The molecule has 3 aromatic rings. The first-order valence-electron chi connectivity index (χ1n) is 8.06. The minimum absolute atomic E-state index is 0.0758. The van der Waals surface area contributed by atoms with E-state index in [9.17, 15) is 4.79 Å². The third-order valence-electron chi connectivity index (χ3n) is 3.74. The van der Waals surface area contributed by atoms with E-state index >= 15 is 0 Å². The van der Waals surface area contributed by atoms with Crippen molar-refractivity contribution in [3.05, 3.63) is 64.2 Å². The lowest BCUT2D eigenvalue weighted by Crippen LogP contribution is -2.14. The summed E-state index contributed by atoms with van der Waals surface area (Å²) in [4.78, 5) is 16.7. The van der Waals surface area contributed by atoms with E-state index in [1.54, 1.807) is 24.3 Å². The van der Waals surface area contributed by atoms with Crippen LogP contribution in [-0.4, -0.2) is 21.2 Å². The van der Waals surface area contributed by atoms with Gasteiger partial charge in [0.1, 0.15) is 0 Å². The number of rotatable bonds is 6. The van der Waals surface area contributed by atoms with Crippen LogP contribution in [0.3, 0.4) is 0 Å². The van der Waals surface area contributed by atoms with Gasteiger partial charge < -0.3 is 9.88 Å². The van der Waals surface area contributed by atoms with Gasteiger partial charge in [0.25, 0.3) is 0 Å². The first-order valence-corrected chi connectivity index (χ1v) is 10.2. The van der Waals surface area contributed by atoms with Crippen LogP contribution >= 0.6 is 39.3 Å². The topological polar surface area (TPSA) is 46.9 Å². The number of amides is 1. The van der Waals surface area contributed by atoms with Crippen LogP contribution < -0.4 is 5.32 Å². The predicted octanol–water partition coefficient (Wildman–Crippen LogP) is 5.72. The van der Waals surface area contributed by atoms with Crippen molar-refractivity contribution in [3.8, 4) is 11.3 Å². The highest BCUT2D eigenvalue weighted by Gasteiger charge is 2.13. The van der Waals surface area contributed by atoms with E-state index in [2.05, 4.69) is 49.9 Å². The fraction of sp³-hybridized carbons (Fsp3) is 0.158. The number of nitrogens with zero attached hydrogens (tertiary/aromatic N) is 2. The number of hydrogen-bond donors (Lipinski definition) is 1. The third-order valence-corrected chi connectivity index (χ3v) is 5.51. The standard InChI is InChI=1S/C19H17BrClN3OS/c1-2-24-17(13-3-5-14(20)6-4-13)11-22-19(24)26-12-18(25)23-16-9-7-15(21)8-10-16/h3-11H,2,12H2,1H3,(H,23,25). The van der Waals surface area contributed by atoms with Crippen LogP contribution in [0.1, 0.15) is 6.92 Å². The molecule has 7 heteroatoms. The molecule has 0 aliphatic carbocycles. The highest BCUT2D eigenvalue weighted by molar-refractivity contribution is 9.10. The van der Waals surface area contributed by atoms with Crippen molar-refractivity contribution in [1.82, 2.24) is 9.55 Å². The fourth-order valence-electron chi connectivity index (χ4n) is 2.49. The van der Waals surface area contributed by atoms with Gasteiger partial charge >= 0.3 is 0 Å². The molecule has 1 heterocycles. The fourth-order valence-corrected chi connectivity index (χ4v) is 3.72. The maximum atomic E-state index is 12.2. The Morgan fingerprint density at radius 3 is 2.54 bits per heavy atom. The summed E-state index contributed by atoms with van der Waals surface area (Å²) in [5, 5.41) is 4.33. The van der Waals surface area contributed by atoms with E-state index in [-0.39, 0.29) is 5.91 Å². The largest absolute Gasteiger partial charge is 0.325 e. The molecule has 4 nitrogen and oxygen atoms in total. The normalized spacial score (nSPS) is 10.7. The van der Waals surface area contributed by atoms with Crippen molar-refractivity contribution in [2.45, 2.75) is 18.6 Å². The van der Waals surface area contributed by atoms with E-state index in [0.717, 1.165) is 33.1 Å². The summed E-state index contributed by atoms with van der Waals surface area (Å²) >= 11 is 10.7. The zero-order valence-electron chi connectivity index (χ0n) is 14.1. The van der Waals surface area contributed by atoms with Crippen molar-refractivity contribution in [1.29, 1.82) is 0 Å². The van der Waals surface area contributed by atoms with E-state index in [0.29, 0.717) is 10.8 Å². The molecule has 0 saturated heterocycles. The number of nitrogens with one attached hydrogen (secondary N) is 1. The molecule has 1 aromatic heterocycles. The first kappa shape index (κ1) is 19.0. The molecular formula is C19H17BrClN3OS. The van der Waals surface area contributed by atoms with Crippen LogP contribution in [0.25, 0.3) is 11.3 Å². The molecule has 0 aliphatic rings. The van der Waals surface area contributed by atoms with Gasteiger partial charge in [-0.05, 0) is 48.9 Å². The van der Waals surface area contributed by atoms with E-state index < -0.39 is 0 Å². The summed E-state index contributed by atoms with van der Waals surface area (Å²) in [7, 11) is 0. The summed E-state index contributed by atoms with van der Waals surface area (Å²) in [6.45, 7) is 2.86. The second kappa shape index (κ2) is 8.75. The molecule has 2 aromatic carbocycles. The molecule has 0 radical (unpaired) electrons. The van der Waals surface area contributed by atoms with Crippen LogP contribution in [0.4, 0.5) is 5.69 Å². The van der Waals surface area contributed by atoms with Crippen LogP contribution in [-0.2, 0) is 11.3 Å². The number of aromatic nitrogens is 2. The Balaban J connectivity index is 1.67. The second-order valence-electron chi connectivity index (χ2n) is 5.52. The average Bonchev–Trinajstić information content (AvgIpc) is 3.05. The summed E-state index contributed by atoms with van der Waals surface area (Å²) in [6.07, 6.45) is 1.85. The minimum atomic E-state index is -0.0758. The van der Waals surface area contributed by atoms with Gasteiger partial charge in [-0.25, -0.2) is 4.98 Å². The van der Waals surface area contributed by atoms with Crippen molar-refractivity contribution in [3.63, 3.8) is 0 Å². The summed E-state index contributed by atoms with van der Waals surface area (Å²) in [6, 6.07) is 15.2. The van der Waals surface area contributed by atoms with Crippen LogP contribution in [0.15, 0.2) is 64.4 Å².